The second kappa shape index (κ2) is 9.68. The number of piperazine rings is 1. The molecule has 1 aliphatic heterocycles. The van der Waals surface area contributed by atoms with E-state index >= 15 is 0 Å². The Morgan fingerprint density at radius 3 is 2.17 bits per heavy atom. The average molecular weight is 351 g/mol. The van der Waals surface area contributed by atoms with E-state index in [1.165, 1.54) is 76.9 Å². The topological polar surface area (TPSA) is 6.48 Å². The van der Waals surface area contributed by atoms with E-state index < -0.39 is 0 Å². The summed E-state index contributed by atoms with van der Waals surface area (Å²) in [5.74, 6) is 1.57. The van der Waals surface area contributed by atoms with Crippen LogP contribution in [0.15, 0.2) is 24.3 Å². The van der Waals surface area contributed by atoms with Crippen molar-refractivity contribution >= 4 is 18.1 Å². The van der Waals surface area contributed by atoms with Crippen molar-refractivity contribution in [1.29, 1.82) is 0 Å². The van der Waals surface area contributed by atoms with E-state index in [4.69, 9.17) is 0 Å². The number of halogens is 1. The zero-order valence-electron chi connectivity index (χ0n) is 15.5. The third-order valence-electron chi connectivity index (χ3n) is 5.57. The van der Waals surface area contributed by atoms with Crippen LogP contribution in [0.4, 0.5) is 5.69 Å². The van der Waals surface area contributed by atoms with Crippen LogP contribution in [-0.4, -0.2) is 37.6 Å². The maximum atomic E-state index is 2.65. The fourth-order valence-corrected chi connectivity index (χ4v) is 4.40. The molecule has 0 N–H and O–H groups in total. The van der Waals surface area contributed by atoms with Crippen LogP contribution in [0.3, 0.4) is 0 Å². The number of nitrogens with zero attached hydrogens (tertiary/aromatic N) is 2. The first kappa shape index (κ1) is 19.6. The quantitative estimate of drug-likeness (QED) is 0.677. The smallest absolute Gasteiger partial charge is 0.0402 e. The Balaban J connectivity index is 0.00000208. The van der Waals surface area contributed by atoms with Crippen molar-refractivity contribution < 1.29 is 0 Å². The van der Waals surface area contributed by atoms with Crippen LogP contribution in [0.25, 0.3) is 0 Å². The van der Waals surface area contributed by atoms with Gasteiger partial charge in [-0.15, -0.1) is 12.4 Å². The number of hydrogen-bond acceptors (Lipinski definition) is 2. The van der Waals surface area contributed by atoms with Crippen LogP contribution >= 0.6 is 12.4 Å². The maximum absolute atomic E-state index is 2.65. The lowest BCUT2D eigenvalue weighted by molar-refractivity contribution is 0.231. The van der Waals surface area contributed by atoms with E-state index in [1.54, 1.807) is 5.56 Å². The molecule has 2 aliphatic rings. The summed E-state index contributed by atoms with van der Waals surface area (Å²) in [6.45, 7) is 10.7. The summed E-state index contributed by atoms with van der Waals surface area (Å²) < 4.78 is 0. The molecule has 2 fully saturated rings. The largest absolute Gasteiger partial charge is 0.369 e. The third-order valence-corrected chi connectivity index (χ3v) is 5.57. The molecule has 0 radical (unpaired) electrons. The number of benzene rings is 1. The molecule has 3 rings (SSSR count). The van der Waals surface area contributed by atoms with Crippen molar-refractivity contribution in [1.82, 2.24) is 4.90 Å². The molecule has 1 aliphatic carbocycles. The van der Waals surface area contributed by atoms with Gasteiger partial charge in [-0.25, -0.2) is 0 Å². The van der Waals surface area contributed by atoms with E-state index in [2.05, 4.69) is 47.9 Å². The lowest BCUT2D eigenvalue weighted by Gasteiger charge is -2.38. The maximum Gasteiger partial charge on any atom is 0.0402 e. The zero-order valence-corrected chi connectivity index (χ0v) is 16.4. The van der Waals surface area contributed by atoms with Crippen LogP contribution in [0, 0.1) is 5.92 Å². The molecule has 0 amide bonds. The van der Waals surface area contributed by atoms with Gasteiger partial charge in [0, 0.05) is 38.4 Å². The summed E-state index contributed by atoms with van der Waals surface area (Å²) in [6.07, 6.45) is 8.50. The summed E-state index contributed by atoms with van der Waals surface area (Å²) in [4.78, 5) is 5.28. The Kier molecular flexibility index (Phi) is 7.90. The van der Waals surface area contributed by atoms with Gasteiger partial charge in [0.2, 0.25) is 0 Å². The number of rotatable bonds is 4. The van der Waals surface area contributed by atoms with Crippen LogP contribution in [-0.2, 0) is 0 Å². The molecular weight excluding hydrogens is 316 g/mol. The molecule has 0 atom stereocenters. The van der Waals surface area contributed by atoms with E-state index in [0.717, 1.165) is 11.8 Å². The minimum Gasteiger partial charge on any atom is -0.369 e. The number of para-hydroxylation sites is 1. The lowest BCUT2D eigenvalue weighted by atomic mass is 9.90. The highest BCUT2D eigenvalue weighted by atomic mass is 35.5. The predicted octanol–water partition coefficient (Wildman–Crippen LogP) is 5.32. The van der Waals surface area contributed by atoms with Crippen LogP contribution in [0.2, 0.25) is 0 Å². The average Bonchev–Trinajstić information content (AvgIpc) is 2.84. The Bertz CT molecular complexity index is 472. The molecule has 2 nitrogen and oxygen atoms in total. The summed E-state index contributed by atoms with van der Waals surface area (Å²) in [5.41, 5.74) is 3.16. The first-order chi connectivity index (χ1) is 11.2. The fourth-order valence-electron chi connectivity index (χ4n) is 4.40. The molecule has 0 bridgehead atoms. The minimum atomic E-state index is 0. The molecule has 1 aromatic carbocycles. The van der Waals surface area contributed by atoms with Crippen LogP contribution in [0.5, 0.6) is 0 Å². The number of anilines is 1. The van der Waals surface area contributed by atoms with Gasteiger partial charge in [-0.05, 0) is 36.3 Å². The van der Waals surface area contributed by atoms with Gasteiger partial charge in [0.15, 0.2) is 0 Å². The van der Waals surface area contributed by atoms with Crippen LogP contribution < -0.4 is 4.90 Å². The Labute approximate surface area is 155 Å². The molecule has 3 heteroatoms. The highest BCUT2D eigenvalue weighted by molar-refractivity contribution is 5.85. The minimum absolute atomic E-state index is 0. The normalized spacial score (nSPS) is 20.7. The molecule has 1 saturated heterocycles. The predicted molar refractivity (Wildman–Crippen MR) is 108 cm³/mol. The SMILES string of the molecule is CC(C)CN1CCN(c2ccccc2C2CCCCCC2)CC1.Cl. The van der Waals surface area contributed by atoms with E-state index in [9.17, 15) is 0 Å². The van der Waals surface area contributed by atoms with E-state index in [0.29, 0.717) is 0 Å². The Morgan fingerprint density at radius 2 is 1.54 bits per heavy atom. The molecule has 0 spiro atoms. The zero-order chi connectivity index (χ0) is 16.1. The van der Waals surface area contributed by atoms with Gasteiger partial charge in [0.1, 0.15) is 0 Å². The van der Waals surface area contributed by atoms with Crippen molar-refractivity contribution in [2.24, 2.45) is 5.92 Å². The highest BCUT2D eigenvalue weighted by Crippen LogP contribution is 2.37. The third kappa shape index (κ3) is 5.13. The first-order valence-electron chi connectivity index (χ1n) is 9.80. The second-order valence-electron chi connectivity index (χ2n) is 7.93. The van der Waals surface area contributed by atoms with Gasteiger partial charge >= 0.3 is 0 Å². The van der Waals surface area contributed by atoms with Crippen molar-refractivity contribution in [3.8, 4) is 0 Å². The van der Waals surface area contributed by atoms with Gasteiger partial charge in [-0.1, -0.05) is 57.7 Å². The summed E-state index contributed by atoms with van der Waals surface area (Å²) in [5, 5.41) is 0. The molecule has 1 aromatic rings. The molecule has 24 heavy (non-hydrogen) atoms. The molecule has 0 aromatic heterocycles. The molecule has 136 valence electrons. The molecule has 0 unspecified atom stereocenters. The van der Waals surface area contributed by atoms with Gasteiger partial charge in [0.05, 0.1) is 0 Å². The summed E-state index contributed by atoms with van der Waals surface area (Å²) in [7, 11) is 0. The molecular formula is C21H35ClN2. The Hall–Kier alpha value is -0.730. The molecule has 1 saturated carbocycles. The van der Waals surface area contributed by atoms with Crippen molar-refractivity contribution in [2.45, 2.75) is 58.3 Å². The van der Waals surface area contributed by atoms with Gasteiger partial charge in [0.25, 0.3) is 0 Å². The van der Waals surface area contributed by atoms with Crippen molar-refractivity contribution in [3.05, 3.63) is 29.8 Å². The summed E-state index contributed by atoms with van der Waals surface area (Å²) in [6, 6.07) is 9.26. The monoisotopic (exact) mass is 350 g/mol. The first-order valence-corrected chi connectivity index (χ1v) is 9.80. The van der Waals surface area contributed by atoms with Gasteiger partial charge < -0.3 is 4.90 Å². The van der Waals surface area contributed by atoms with Crippen molar-refractivity contribution in [3.63, 3.8) is 0 Å². The van der Waals surface area contributed by atoms with Gasteiger partial charge in [-0.3, -0.25) is 4.90 Å². The Morgan fingerprint density at radius 1 is 0.917 bits per heavy atom. The summed E-state index contributed by atoms with van der Waals surface area (Å²) >= 11 is 0. The number of hydrogen-bond donors (Lipinski definition) is 0. The van der Waals surface area contributed by atoms with E-state index in [-0.39, 0.29) is 12.4 Å². The van der Waals surface area contributed by atoms with Crippen LogP contribution in [0.1, 0.15) is 63.9 Å². The second-order valence-corrected chi connectivity index (χ2v) is 7.93. The highest BCUT2D eigenvalue weighted by Gasteiger charge is 2.23. The molecule has 1 heterocycles. The lowest BCUT2D eigenvalue weighted by Crippen LogP contribution is -2.47. The van der Waals surface area contributed by atoms with Crippen molar-refractivity contribution in [2.75, 3.05) is 37.6 Å². The fraction of sp³-hybridized carbons (Fsp3) is 0.714. The van der Waals surface area contributed by atoms with Gasteiger partial charge in [-0.2, -0.15) is 0 Å². The standard InChI is InChI=1S/C21H34N2.ClH/c1-18(2)17-22-13-15-23(16-14-22)21-12-8-7-11-20(21)19-9-5-3-4-6-10-19;/h7-8,11-12,18-19H,3-6,9-10,13-17H2,1-2H3;1H. The van der Waals surface area contributed by atoms with E-state index in [1.807, 2.05) is 0 Å².